The van der Waals surface area contributed by atoms with Gasteiger partial charge >= 0.3 is 5.97 Å². The van der Waals surface area contributed by atoms with Crippen molar-refractivity contribution in [3.05, 3.63) is 0 Å². The summed E-state index contributed by atoms with van der Waals surface area (Å²) in [7, 11) is 0. The summed E-state index contributed by atoms with van der Waals surface area (Å²) >= 11 is 4.64. The molecule has 0 radical (unpaired) electrons. The predicted octanol–water partition coefficient (Wildman–Crippen LogP) is 1.10. The summed E-state index contributed by atoms with van der Waals surface area (Å²) in [6, 6.07) is -0.269. The third kappa shape index (κ3) is 5.30. The highest BCUT2D eigenvalue weighted by atomic mass is 35.5. The van der Waals surface area contributed by atoms with Crippen LogP contribution in [0.3, 0.4) is 0 Å². The molecule has 0 unspecified atom stereocenters. The first kappa shape index (κ1) is 13.6. The van der Waals surface area contributed by atoms with Gasteiger partial charge in [-0.1, -0.05) is 0 Å². The molecular weight excluding hydrogens is 189 g/mol. The third-order valence-electron chi connectivity index (χ3n) is 1.36. The first-order valence-electron chi connectivity index (χ1n) is 3.14. The Labute approximate surface area is 77.5 Å². The van der Waals surface area contributed by atoms with Crippen molar-refractivity contribution in [1.29, 1.82) is 0 Å². The summed E-state index contributed by atoms with van der Waals surface area (Å²) in [6.07, 6.45) is 3.26. The quantitative estimate of drug-likeness (QED) is 0.626. The molecule has 1 rings (SSSR count). The largest absolute Gasteiger partial charge is 0.480 e. The molecule has 0 bridgehead atoms. The lowest BCUT2D eigenvalue weighted by Gasteiger charge is -1.99. The minimum absolute atomic E-state index is 0. The summed E-state index contributed by atoms with van der Waals surface area (Å²) in [6.45, 7) is 0.858. The average Bonchev–Trinajstić information content (AvgIpc) is 2.42. The number of halogens is 2. The van der Waals surface area contributed by atoms with Gasteiger partial charge in [-0.25, -0.2) is 0 Å². The van der Waals surface area contributed by atoms with Gasteiger partial charge in [0.1, 0.15) is 6.04 Å². The monoisotopic (exact) mass is 201 g/mol. The Kier molecular flexibility index (Phi) is 10.0. The Morgan fingerprint density at radius 2 is 2.18 bits per heavy atom. The van der Waals surface area contributed by atoms with Gasteiger partial charge < -0.3 is 10.4 Å². The van der Waals surface area contributed by atoms with Gasteiger partial charge in [-0.3, -0.25) is 4.79 Å². The van der Waals surface area contributed by atoms with E-state index >= 15 is 0 Å². The van der Waals surface area contributed by atoms with Crippen LogP contribution in [-0.2, 0) is 4.79 Å². The zero-order valence-electron chi connectivity index (χ0n) is 6.34. The molecule has 0 aromatic heterocycles. The van der Waals surface area contributed by atoms with Crippen LogP contribution in [0.5, 0.6) is 0 Å². The summed E-state index contributed by atoms with van der Waals surface area (Å²) in [4.78, 5) is 10.1. The second kappa shape index (κ2) is 8.11. The molecule has 1 heterocycles. The van der Waals surface area contributed by atoms with Crippen LogP contribution >= 0.6 is 24.0 Å². The predicted molar refractivity (Wildman–Crippen MR) is 47.7 cm³/mol. The van der Waals surface area contributed by atoms with Crippen molar-refractivity contribution < 1.29 is 9.90 Å². The van der Waals surface area contributed by atoms with Gasteiger partial charge in [0.2, 0.25) is 0 Å². The fourth-order valence-corrected chi connectivity index (χ4v) is 0.895. The molecule has 0 amide bonds. The number of rotatable bonds is 1. The van der Waals surface area contributed by atoms with E-state index in [1.54, 1.807) is 0 Å². The van der Waals surface area contributed by atoms with E-state index in [1.807, 2.05) is 0 Å². The standard InChI is InChI=1S/C5H9NO2.CH3Cl.ClH/c7-5(8)4-2-1-3-6-4;1-2;/h4,6H,1-3H2,(H,7,8);1H3;1H/t4-;;/m0../s1. The molecule has 5 heteroatoms. The highest BCUT2D eigenvalue weighted by molar-refractivity contribution is 6.15. The van der Waals surface area contributed by atoms with Gasteiger partial charge in [-0.15, -0.1) is 24.0 Å². The molecular formula is C6H13Cl2NO2. The van der Waals surface area contributed by atoms with Gasteiger partial charge in [-0.2, -0.15) is 0 Å². The van der Waals surface area contributed by atoms with Crippen LogP contribution in [0.4, 0.5) is 0 Å². The fourth-order valence-electron chi connectivity index (χ4n) is 0.895. The second-order valence-electron chi connectivity index (χ2n) is 1.99. The number of alkyl halides is 1. The second-order valence-corrected chi connectivity index (χ2v) is 1.99. The van der Waals surface area contributed by atoms with Gasteiger partial charge in [0.05, 0.1) is 0 Å². The van der Waals surface area contributed by atoms with Crippen LogP contribution < -0.4 is 5.32 Å². The average molecular weight is 202 g/mol. The van der Waals surface area contributed by atoms with E-state index in [2.05, 4.69) is 16.9 Å². The number of aliphatic carboxylic acids is 1. The van der Waals surface area contributed by atoms with E-state index in [9.17, 15) is 4.79 Å². The molecule has 3 nitrogen and oxygen atoms in total. The van der Waals surface area contributed by atoms with Crippen molar-refractivity contribution in [2.24, 2.45) is 0 Å². The molecule has 2 N–H and O–H groups in total. The maximum atomic E-state index is 10.1. The molecule has 0 aliphatic carbocycles. The Balaban J connectivity index is 0. The van der Waals surface area contributed by atoms with E-state index in [1.165, 1.54) is 6.38 Å². The van der Waals surface area contributed by atoms with Crippen LogP contribution in [0.1, 0.15) is 12.8 Å². The third-order valence-corrected chi connectivity index (χ3v) is 1.36. The maximum Gasteiger partial charge on any atom is 0.320 e. The number of carboxylic acids is 1. The van der Waals surface area contributed by atoms with E-state index in [0.717, 1.165) is 19.4 Å². The Hall–Kier alpha value is 0.01000. The van der Waals surface area contributed by atoms with Crippen LogP contribution in [0.2, 0.25) is 0 Å². The lowest BCUT2D eigenvalue weighted by atomic mass is 10.2. The molecule has 1 aliphatic heterocycles. The Bertz CT molecular complexity index is 105. The Morgan fingerprint density at radius 3 is 2.36 bits per heavy atom. The van der Waals surface area contributed by atoms with Crippen molar-refractivity contribution in [2.45, 2.75) is 18.9 Å². The SMILES string of the molecule is CCl.Cl.O=C(O)[C@@H]1CCCN1. The number of nitrogens with one attached hydrogen (secondary N) is 1. The molecule has 0 saturated carbocycles. The normalized spacial score (nSPS) is 21.1. The lowest BCUT2D eigenvalue weighted by molar-refractivity contribution is -0.139. The van der Waals surface area contributed by atoms with Crippen LogP contribution in [-0.4, -0.2) is 30.0 Å². The van der Waals surface area contributed by atoms with Gasteiger partial charge in [-0.05, 0) is 19.4 Å². The van der Waals surface area contributed by atoms with Gasteiger partial charge in [0.15, 0.2) is 0 Å². The summed E-state index contributed by atoms with van der Waals surface area (Å²) in [5.41, 5.74) is 0. The minimum Gasteiger partial charge on any atom is -0.480 e. The molecule has 68 valence electrons. The zero-order valence-corrected chi connectivity index (χ0v) is 7.91. The summed E-state index contributed by atoms with van der Waals surface area (Å²) < 4.78 is 0. The van der Waals surface area contributed by atoms with E-state index in [-0.39, 0.29) is 18.4 Å². The van der Waals surface area contributed by atoms with Crippen molar-refractivity contribution in [1.82, 2.24) is 5.32 Å². The van der Waals surface area contributed by atoms with Crippen LogP contribution in [0, 0.1) is 0 Å². The van der Waals surface area contributed by atoms with E-state index in [0.29, 0.717) is 0 Å². The molecule has 0 spiro atoms. The van der Waals surface area contributed by atoms with Crippen LogP contribution in [0.15, 0.2) is 0 Å². The lowest BCUT2D eigenvalue weighted by Crippen LogP contribution is -2.29. The van der Waals surface area contributed by atoms with Crippen molar-refractivity contribution in [3.63, 3.8) is 0 Å². The van der Waals surface area contributed by atoms with Crippen molar-refractivity contribution >= 4 is 30.0 Å². The smallest absolute Gasteiger partial charge is 0.320 e. The number of hydrogen-bond donors (Lipinski definition) is 2. The van der Waals surface area contributed by atoms with Crippen molar-refractivity contribution in [3.8, 4) is 0 Å². The topological polar surface area (TPSA) is 49.3 Å². The Morgan fingerprint density at radius 1 is 1.64 bits per heavy atom. The summed E-state index contributed by atoms with van der Waals surface area (Å²) in [5, 5.41) is 11.2. The van der Waals surface area contributed by atoms with Gasteiger partial charge in [0, 0.05) is 6.38 Å². The molecule has 1 saturated heterocycles. The molecule has 0 aromatic rings. The van der Waals surface area contributed by atoms with E-state index in [4.69, 9.17) is 5.11 Å². The first-order chi connectivity index (χ1) is 4.80. The maximum absolute atomic E-state index is 10.1. The van der Waals surface area contributed by atoms with Gasteiger partial charge in [0.25, 0.3) is 0 Å². The molecule has 1 fully saturated rings. The highest BCUT2D eigenvalue weighted by Crippen LogP contribution is 2.03. The number of carboxylic acid groups (broad SMARTS) is 1. The van der Waals surface area contributed by atoms with Crippen LogP contribution in [0.25, 0.3) is 0 Å². The zero-order chi connectivity index (χ0) is 7.98. The molecule has 0 aromatic carbocycles. The molecule has 11 heavy (non-hydrogen) atoms. The molecule has 1 aliphatic rings. The highest BCUT2D eigenvalue weighted by Gasteiger charge is 2.20. The number of hydrogen-bond acceptors (Lipinski definition) is 2. The fraction of sp³-hybridized carbons (Fsp3) is 0.833. The summed E-state index contributed by atoms with van der Waals surface area (Å²) in [5.74, 6) is -0.720. The number of carbonyl (C=O) groups is 1. The van der Waals surface area contributed by atoms with Crippen molar-refractivity contribution in [2.75, 3.05) is 12.9 Å². The molecule has 1 atom stereocenters. The van der Waals surface area contributed by atoms with E-state index < -0.39 is 5.97 Å². The minimum atomic E-state index is -0.720. The first-order valence-corrected chi connectivity index (χ1v) is 3.90.